The van der Waals surface area contributed by atoms with Crippen LogP contribution in [-0.4, -0.2) is 48.2 Å². The number of likely N-dealkylation sites (tertiary alicyclic amines) is 1. The van der Waals surface area contributed by atoms with Crippen LogP contribution in [0, 0.1) is 11.8 Å². The lowest BCUT2D eigenvalue weighted by Gasteiger charge is -2.23. The average Bonchev–Trinajstić information content (AvgIpc) is 3.48. The third-order valence-electron chi connectivity index (χ3n) is 5.98. The van der Waals surface area contributed by atoms with E-state index in [2.05, 4.69) is 10.2 Å². The second-order valence-corrected chi connectivity index (χ2v) is 8.09. The van der Waals surface area contributed by atoms with Gasteiger partial charge in [0.1, 0.15) is 0 Å². The van der Waals surface area contributed by atoms with Gasteiger partial charge in [-0.05, 0) is 55.2 Å². The van der Waals surface area contributed by atoms with Gasteiger partial charge in [-0.15, -0.1) is 0 Å². The summed E-state index contributed by atoms with van der Waals surface area (Å²) in [6.45, 7) is 2.76. The molecular formula is C19H25ClN2O2. The van der Waals surface area contributed by atoms with Crippen molar-refractivity contribution >= 4 is 17.5 Å². The van der Waals surface area contributed by atoms with Gasteiger partial charge in [-0.25, -0.2) is 0 Å². The Bertz CT molecular complexity index is 610. The van der Waals surface area contributed by atoms with Crippen molar-refractivity contribution in [1.82, 2.24) is 10.2 Å². The van der Waals surface area contributed by atoms with Crippen molar-refractivity contribution in [3.8, 4) is 0 Å². The van der Waals surface area contributed by atoms with Crippen LogP contribution in [0.15, 0.2) is 24.3 Å². The monoisotopic (exact) mass is 348 g/mol. The predicted molar refractivity (Wildman–Crippen MR) is 94.0 cm³/mol. The fourth-order valence-electron chi connectivity index (χ4n) is 4.24. The second kappa shape index (κ2) is 6.32. The van der Waals surface area contributed by atoms with E-state index in [1.54, 1.807) is 0 Å². The van der Waals surface area contributed by atoms with Gasteiger partial charge in [0.05, 0.1) is 12.0 Å². The van der Waals surface area contributed by atoms with Crippen LogP contribution in [0.4, 0.5) is 0 Å². The number of hydrogen-bond acceptors (Lipinski definition) is 3. The number of aliphatic hydroxyl groups excluding tert-OH is 1. The number of amides is 1. The lowest BCUT2D eigenvalue weighted by Crippen LogP contribution is -2.46. The number of halogens is 1. The zero-order valence-corrected chi connectivity index (χ0v) is 14.6. The van der Waals surface area contributed by atoms with E-state index in [9.17, 15) is 9.90 Å². The molecule has 2 N–H and O–H groups in total. The fourth-order valence-corrected chi connectivity index (χ4v) is 4.37. The molecule has 1 aliphatic heterocycles. The standard InChI is InChI=1S/C19H25ClN2O2/c20-15-5-3-14(4-6-15)19(7-8-19)18(24)21-17-12-22(9-10-23)11-16(17)13-1-2-13/h3-6,13,16-17,23H,1-2,7-12H2,(H,21,24)/t16-,17+/m0/s1. The summed E-state index contributed by atoms with van der Waals surface area (Å²) in [5.41, 5.74) is 0.737. The molecule has 0 radical (unpaired) electrons. The molecule has 0 bridgehead atoms. The van der Waals surface area contributed by atoms with Crippen LogP contribution >= 0.6 is 11.6 Å². The van der Waals surface area contributed by atoms with E-state index in [0.29, 0.717) is 17.5 Å². The van der Waals surface area contributed by atoms with Gasteiger partial charge in [0, 0.05) is 30.7 Å². The molecule has 0 aromatic heterocycles. The first-order valence-electron chi connectivity index (χ1n) is 9.02. The van der Waals surface area contributed by atoms with Crippen molar-refractivity contribution in [3.63, 3.8) is 0 Å². The predicted octanol–water partition coefficient (Wildman–Crippen LogP) is 2.19. The molecule has 5 heteroatoms. The van der Waals surface area contributed by atoms with E-state index >= 15 is 0 Å². The zero-order valence-electron chi connectivity index (χ0n) is 13.9. The first-order chi connectivity index (χ1) is 11.6. The molecule has 1 heterocycles. The highest BCUT2D eigenvalue weighted by Crippen LogP contribution is 2.49. The molecule has 1 amide bonds. The Morgan fingerprint density at radius 3 is 2.54 bits per heavy atom. The normalized spacial score (nSPS) is 28.8. The lowest BCUT2D eigenvalue weighted by atomic mass is 9.92. The van der Waals surface area contributed by atoms with Crippen molar-refractivity contribution in [1.29, 1.82) is 0 Å². The van der Waals surface area contributed by atoms with Crippen LogP contribution in [0.5, 0.6) is 0 Å². The zero-order chi connectivity index (χ0) is 16.7. The highest BCUT2D eigenvalue weighted by atomic mass is 35.5. The summed E-state index contributed by atoms with van der Waals surface area (Å²) in [7, 11) is 0. The fraction of sp³-hybridized carbons (Fsp3) is 0.632. The molecule has 1 saturated heterocycles. The van der Waals surface area contributed by atoms with Gasteiger partial charge in [-0.1, -0.05) is 23.7 Å². The summed E-state index contributed by atoms with van der Waals surface area (Å²) in [5.74, 6) is 1.47. The van der Waals surface area contributed by atoms with E-state index in [1.807, 2.05) is 24.3 Å². The Morgan fingerprint density at radius 2 is 1.96 bits per heavy atom. The topological polar surface area (TPSA) is 52.6 Å². The number of nitrogens with one attached hydrogen (secondary N) is 1. The van der Waals surface area contributed by atoms with Crippen molar-refractivity contribution < 1.29 is 9.90 Å². The molecule has 3 aliphatic rings. The molecule has 0 spiro atoms. The number of carbonyl (C=O) groups is 1. The van der Waals surface area contributed by atoms with E-state index in [4.69, 9.17) is 11.6 Å². The highest BCUT2D eigenvalue weighted by Gasteiger charge is 2.53. The number of carbonyl (C=O) groups excluding carboxylic acids is 1. The number of rotatable bonds is 6. The van der Waals surface area contributed by atoms with Gasteiger partial charge >= 0.3 is 0 Å². The van der Waals surface area contributed by atoms with Crippen LogP contribution in [0.3, 0.4) is 0 Å². The summed E-state index contributed by atoms with van der Waals surface area (Å²) in [6.07, 6.45) is 4.40. The molecule has 130 valence electrons. The Hall–Kier alpha value is -1.10. The molecule has 1 aromatic rings. The van der Waals surface area contributed by atoms with Gasteiger partial charge in [0.2, 0.25) is 5.91 Å². The molecule has 4 rings (SSSR count). The van der Waals surface area contributed by atoms with E-state index in [-0.39, 0.29) is 24.0 Å². The van der Waals surface area contributed by atoms with Gasteiger partial charge in [-0.2, -0.15) is 0 Å². The molecule has 4 nitrogen and oxygen atoms in total. The maximum Gasteiger partial charge on any atom is 0.230 e. The van der Waals surface area contributed by atoms with Crippen LogP contribution in [-0.2, 0) is 10.2 Å². The average molecular weight is 349 g/mol. The van der Waals surface area contributed by atoms with Crippen molar-refractivity contribution in [2.24, 2.45) is 11.8 Å². The second-order valence-electron chi connectivity index (χ2n) is 7.65. The molecular weight excluding hydrogens is 324 g/mol. The van der Waals surface area contributed by atoms with E-state index < -0.39 is 0 Å². The number of hydrogen-bond donors (Lipinski definition) is 2. The van der Waals surface area contributed by atoms with Gasteiger partial charge in [-0.3, -0.25) is 9.69 Å². The van der Waals surface area contributed by atoms with Crippen LogP contribution in [0.25, 0.3) is 0 Å². The SMILES string of the molecule is O=C(N[C@@H]1CN(CCO)C[C@H]1C1CC1)C1(c2ccc(Cl)cc2)CC1. The van der Waals surface area contributed by atoms with Crippen LogP contribution in [0.2, 0.25) is 5.02 Å². The Labute approximate surface area is 148 Å². The third-order valence-corrected chi connectivity index (χ3v) is 6.23. The quantitative estimate of drug-likeness (QED) is 0.828. The minimum absolute atomic E-state index is 0.173. The summed E-state index contributed by atoms with van der Waals surface area (Å²) in [5, 5.41) is 13.3. The summed E-state index contributed by atoms with van der Waals surface area (Å²) >= 11 is 5.98. The van der Waals surface area contributed by atoms with Gasteiger partial charge in [0.15, 0.2) is 0 Å². The summed E-state index contributed by atoms with van der Waals surface area (Å²) < 4.78 is 0. The number of nitrogens with zero attached hydrogens (tertiary/aromatic N) is 1. The van der Waals surface area contributed by atoms with Crippen molar-refractivity contribution in [2.75, 3.05) is 26.2 Å². The molecule has 0 unspecified atom stereocenters. The van der Waals surface area contributed by atoms with Gasteiger partial charge in [0.25, 0.3) is 0 Å². The molecule has 3 fully saturated rings. The maximum absolute atomic E-state index is 13.0. The molecule has 2 saturated carbocycles. The smallest absolute Gasteiger partial charge is 0.230 e. The van der Waals surface area contributed by atoms with Crippen LogP contribution < -0.4 is 5.32 Å². The van der Waals surface area contributed by atoms with Crippen molar-refractivity contribution in [3.05, 3.63) is 34.9 Å². The molecule has 24 heavy (non-hydrogen) atoms. The minimum atomic E-state index is -0.344. The summed E-state index contributed by atoms with van der Waals surface area (Å²) in [6, 6.07) is 7.94. The first kappa shape index (κ1) is 16.4. The number of benzene rings is 1. The molecule has 2 aliphatic carbocycles. The van der Waals surface area contributed by atoms with Crippen LogP contribution in [0.1, 0.15) is 31.2 Å². The number of β-amino-alcohol motifs (C(OH)–C–C–N with tert-alkyl or cyclic N) is 1. The molecule has 1 aromatic carbocycles. The third kappa shape index (κ3) is 3.07. The van der Waals surface area contributed by atoms with E-state index in [0.717, 1.165) is 37.4 Å². The maximum atomic E-state index is 13.0. The first-order valence-corrected chi connectivity index (χ1v) is 9.40. The Kier molecular flexibility index (Phi) is 4.31. The lowest BCUT2D eigenvalue weighted by molar-refractivity contribution is -0.124. The number of aliphatic hydroxyl groups is 1. The minimum Gasteiger partial charge on any atom is -0.395 e. The van der Waals surface area contributed by atoms with E-state index in [1.165, 1.54) is 12.8 Å². The Morgan fingerprint density at radius 1 is 1.25 bits per heavy atom. The Balaban J connectivity index is 1.46. The summed E-state index contributed by atoms with van der Waals surface area (Å²) in [4.78, 5) is 15.3. The van der Waals surface area contributed by atoms with Crippen molar-refractivity contribution in [2.45, 2.75) is 37.1 Å². The highest BCUT2D eigenvalue weighted by molar-refractivity contribution is 6.30. The van der Waals surface area contributed by atoms with Gasteiger partial charge < -0.3 is 10.4 Å². The molecule has 2 atom stereocenters. The largest absolute Gasteiger partial charge is 0.395 e.